The standard InChI is InChI=1S/C22H30N4O.CH2O2/c1-4-26-17(3)21(16(2)23-26)18-8-10-19(11-9-18)22(27)25-14-6-13-24-12-5-7-20(24)15-25;2-1-3/h8-11,20H,4-7,12-15H2,1-3H3;1H,(H,2,3)/t20-;/m0./s1. The van der Waals surface area contributed by atoms with Crippen molar-refractivity contribution in [2.24, 2.45) is 0 Å². The molecule has 2 saturated heterocycles. The summed E-state index contributed by atoms with van der Waals surface area (Å²) >= 11 is 0. The van der Waals surface area contributed by atoms with Gasteiger partial charge in [-0.2, -0.15) is 5.10 Å². The van der Waals surface area contributed by atoms with Crippen molar-refractivity contribution >= 4 is 12.4 Å². The summed E-state index contributed by atoms with van der Waals surface area (Å²) in [5, 5.41) is 11.5. The maximum absolute atomic E-state index is 13.1. The van der Waals surface area contributed by atoms with Gasteiger partial charge in [-0.3, -0.25) is 19.2 Å². The molecule has 2 aliphatic rings. The summed E-state index contributed by atoms with van der Waals surface area (Å²) < 4.78 is 2.04. The van der Waals surface area contributed by atoms with Crippen molar-refractivity contribution in [2.45, 2.75) is 52.6 Å². The van der Waals surface area contributed by atoms with Crippen molar-refractivity contribution in [3.05, 3.63) is 41.2 Å². The third-order valence-corrected chi connectivity index (χ3v) is 6.19. The second-order valence-corrected chi connectivity index (χ2v) is 7.98. The van der Waals surface area contributed by atoms with Crippen LogP contribution in [0.2, 0.25) is 0 Å². The lowest BCUT2D eigenvalue weighted by atomic mass is 10.0. The summed E-state index contributed by atoms with van der Waals surface area (Å²) in [6, 6.07) is 8.67. The molecule has 7 heteroatoms. The number of hydrogen-bond donors (Lipinski definition) is 1. The summed E-state index contributed by atoms with van der Waals surface area (Å²) in [4.78, 5) is 26.1. The van der Waals surface area contributed by atoms with Crippen LogP contribution in [0.15, 0.2) is 24.3 Å². The third kappa shape index (κ3) is 4.56. The first-order valence-corrected chi connectivity index (χ1v) is 10.8. The molecule has 2 aliphatic heterocycles. The van der Waals surface area contributed by atoms with Crippen molar-refractivity contribution < 1.29 is 14.7 Å². The van der Waals surface area contributed by atoms with Gasteiger partial charge in [0.05, 0.1) is 5.69 Å². The zero-order chi connectivity index (χ0) is 21.7. The van der Waals surface area contributed by atoms with Crippen LogP contribution in [-0.2, 0) is 11.3 Å². The summed E-state index contributed by atoms with van der Waals surface area (Å²) in [5.41, 5.74) is 5.35. The number of aryl methyl sites for hydroxylation is 2. The number of rotatable bonds is 3. The molecule has 1 aromatic carbocycles. The topological polar surface area (TPSA) is 78.7 Å². The summed E-state index contributed by atoms with van der Waals surface area (Å²) in [5.74, 6) is 0.174. The molecule has 0 spiro atoms. The van der Waals surface area contributed by atoms with Gasteiger partial charge in [0.15, 0.2) is 0 Å². The maximum atomic E-state index is 13.1. The van der Waals surface area contributed by atoms with E-state index in [4.69, 9.17) is 9.90 Å². The minimum absolute atomic E-state index is 0.174. The van der Waals surface area contributed by atoms with E-state index in [0.29, 0.717) is 6.04 Å². The average Bonchev–Trinajstić information content (AvgIpc) is 3.23. The molecule has 3 heterocycles. The van der Waals surface area contributed by atoms with Crippen molar-refractivity contribution in [2.75, 3.05) is 26.2 Å². The molecular formula is C23H32N4O3. The highest BCUT2D eigenvalue weighted by molar-refractivity contribution is 5.94. The van der Waals surface area contributed by atoms with Gasteiger partial charge in [-0.05, 0) is 64.3 Å². The Morgan fingerprint density at radius 3 is 2.47 bits per heavy atom. The van der Waals surface area contributed by atoms with Crippen LogP contribution in [0.1, 0.15) is 47.9 Å². The van der Waals surface area contributed by atoms with E-state index in [9.17, 15) is 4.79 Å². The molecule has 0 aliphatic carbocycles. The minimum atomic E-state index is -0.250. The van der Waals surface area contributed by atoms with Crippen LogP contribution in [0.4, 0.5) is 0 Å². The number of carbonyl (C=O) groups is 2. The Bertz CT molecular complexity index is 875. The predicted octanol–water partition coefficient (Wildman–Crippen LogP) is 3.20. The highest BCUT2D eigenvalue weighted by Crippen LogP contribution is 2.28. The van der Waals surface area contributed by atoms with E-state index in [1.165, 1.54) is 30.6 Å². The highest BCUT2D eigenvalue weighted by Gasteiger charge is 2.30. The molecule has 7 nitrogen and oxygen atoms in total. The highest BCUT2D eigenvalue weighted by atomic mass is 16.3. The Labute approximate surface area is 178 Å². The Kier molecular flexibility index (Phi) is 7.26. The average molecular weight is 413 g/mol. The van der Waals surface area contributed by atoms with Gasteiger partial charge < -0.3 is 10.0 Å². The van der Waals surface area contributed by atoms with Gasteiger partial charge in [-0.1, -0.05) is 12.1 Å². The molecule has 0 radical (unpaired) electrons. The number of hydrogen-bond acceptors (Lipinski definition) is 4. The van der Waals surface area contributed by atoms with Crippen molar-refractivity contribution in [3.8, 4) is 11.1 Å². The fraction of sp³-hybridized carbons (Fsp3) is 0.522. The van der Waals surface area contributed by atoms with Crippen LogP contribution in [0.3, 0.4) is 0 Å². The summed E-state index contributed by atoms with van der Waals surface area (Å²) in [7, 11) is 0. The number of nitrogens with zero attached hydrogens (tertiary/aromatic N) is 4. The van der Waals surface area contributed by atoms with Crippen LogP contribution >= 0.6 is 0 Å². The smallest absolute Gasteiger partial charge is 0.290 e. The molecule has 4 rings (SSSR count). The first kappa shape index (κ1) is 22.0. The fourth-order valence-corrected chi connectivity index (χ4v) is 4.78. The predicted molar refractivity (Wildman–Crippen MR) is 117 cm³/mol. The number of carboxylic acid groups (broad SMARTS) is 1. The zero-order valence-corrected chi connectivity index (χ0v) is 18.2. The normalized spacial score (nSPS) is 18.9. The van der Waals surface area contributed by atoms with Gasteiger partial charge in [0.1, 0.15) is 0 Å². The van der Waals surface area contributed by atoms with Crippen LogP contribution in [0, 0.1) is 13.8 Å². The van der Waals surface area contributed by atoms with Gasteiger partial charge in [-0.25, -0.2) is 0 Å². The minimum Gasteiger partial charge on any atom is -0.483 e. The molecule has 1 atom stereocenters. The van der Waals surface area contributed by atoms with Crippen LogP contribution < -0.4 is 0 Å². The fourth-order valence-electron chi connectivity index (χ4n) is 4.78. The monoisotopic (exact) mass is 412 g/mol. The molecule has 0 unspecified atom stereocenters. The molecule has 30 heavy (non-hydrogen) atoms. The number of fused-ring (bicyclic) bond motifs is 1. The summed E-state index contributed by atoms with van der Waals surface area (Å²) in [6.45, 7) is 11.0. The molecule has 162 valence electrons. The molecule has 2 fully saturated rings. The van der Waals surface area contributed by atoms with Gasteiger partial charge in [0, 0.05) is 49.0 Å². The van der Waals surface area contributed by atoms with Gasteiger partial charge in [0.2, 0.25) is 0 Å². The van der Waals surface area contributed by atoms with E-state index in [-0.39, 0.29) is 12.4 Å². The molecule has 0 bridgehead atoms. The Balaban J connectivity index is 0.000000806. The van der Waals surface area contributed by atoms with Crippen LogP contribution in [0.25, 0.3) is 11.1 Å². The number of carbonyl (C=O) groups excluding carboxylic acids is 1. The lowest BCUT2D eigenvalue weighted by molar-refractivity contribution is -0.122. The maximum Gasteiger partial charge on any atom is 0.290 e. The van der Waals surface area contributed by atoms with Crippen molar-refractivity contribution in [1.29, 1.82) is 0 Å². The van der Waals surface area contributed by atoms with E-state index >= 15 is 0 Å². The van der Waals surface area contributed by atoms with E-state index in [1.807, 2.05) is 16.8 Å². The lowest BCUT2D eigenvalue weighted by Crippen LogP contribution is -2.39. The molecule has 1 amide bonds. The van der Waals surface area contributed by atoms with Crippen LogP contribution in [0.5, 0.6) is 0 Å². The first-order valence-electron chi connectivity index (χ1n) is 10.8. The Hall–Kier alpha value is -2.67. The SMILES string of the molecule is CCn1nc(C)c(-c2ccc(C(=O)N3CCCN4CCC[C@H]4C3)cc2)c1C.O=CO. The lowest BCUT2D eigenvalue weighted by Gasteiger charge is -2.25. The van der Waals surface area contributed by atoms with E-state index in [1.54, 1.807) is 0 Å². The number of amides is 1. The second kappa shape index (κ2) is 9.89. The Morgan fingerprint density at radius 1 is 1.17 bits per heavy atom. The second-order valence-electron chi connectivity index (χ2n) is 7.98. The zero-order valence-electron chi connectivity index (χ0n) is 18.2. The van der Waals surface area contributed by atoms with Gasteiger partial charge >= 0.3 is 0 Å². The first-order chi connectivity index (χ1) is 14.5. The van der Waals surface area contributed by atoms with Gasteiger partial charge in [0.25, 0.3) is 12.4 Å². The van der Waals surface area contributed by atoms with E-state index < -0.39 is 0 Å². The Morgan fingerprint density at radius 2 is 1.83 bits per heavy atom. The quantitative estimate of drug-likeness (QED) is 0.784. The van der Waals surface area contributed by atoms with E-state index in [2.05, 4.69) is 47.8 Å². The largest absolute Gasteiger partial charge is 0.483 e. The summed E-state index contributed by atoms with van der Waals surface area (Å²) in [6.07, 6.45) is 3.57. The molecule has 1 aromatic heterocycles. The number of benzene rings is 1. The molecule has 2 aromatic rings. The molecular weight excluding hydrogens is 380 g/mol. The van der Waals surface area contributed by atoms with Crippen molar-refractivity contribution in [1.82, 2.24) is 19.6 Å². The third-order valence-electron chi connectivity index (χ3n) is 6.19. The van der Waals surface area contributed by atoms with Gasteiger partial charge in [-0.15, -0.1) is 0 Å². The molecule has 1 N–H and O–H groups in total. The van der Waals surface area contributed by atoms with Crippen LogP contribution in [-0.4, -0.2) is 69.3 Å². The number of aromatic nitrogens is 2. The van der Waals surface area contributed by atoms with E-state index in [0.717, 1.165) is 49.4 Å². The van der Waals surface area contributed by atoms with Crippen molar-refractivity contribution in [3.63, 3.8) is 0 Å². The molecule has 0 saturated carbocycles.